The summed E-state index contributed by atoms with van der Waals surface area (Å²) >= 11 is 0. The van der Waals surface area contributed by atoms with Gasteiger partial charge in [0.1, 0.15) is 6.61 Å². The molecule has 7 heteroatoms. The molecule has 2 amide bonds. The van der Waals surface area contributed by atoms with Crippen LogP contribution in [0.2, 0.25) is 0 Å². The quantitative estimate of drug-likeness (QED) is 0.763. The summed E-state index contributed by atoms with van der Waals surface area (Å²) in [6, 6.07) is 9.25. The van der Waals surface area contributed by atoms with Crippen molar-refractivity contribution in [1.82, 2.24) is 10.2 Å². The molecule has 1 aromatic rings. The van der Waals surface area contributed by atoms with Gasteiger partial charge in [-0.3, -0.25) is 9.59 Å². The largest absolute Gasteiger partial charge is 0.391 e. The number of carbonyl (C=O) groups excluding carboxylic acids is 2. The fraction of sp³-hybridized carbons (Fsp3) is 0.600. The molecule has 2 aliphatic rings. The summed E-state index contributed by atoms with van der Waals surface area (Å²) in [6.07, 6.45) is 1.21. The maximum Gasteiger partial charge on any atom is 0.248 e. The minimum absolute atomic E-state index is 0.00831. The number of benzene rings is 1. The number of hydrogen-bond acceptors (Lipinski definition) is 5. The average molecular weight is 376 g/mol. The molecule has 0 bridgehead atoms. The Hall–Kier alpha value is -1.96. The Kier molecular flexibility index (Phi) is 7.20. The van der Waals surface area contributed by atoms with Crippen LogP contribution in [-0.2, 0) is 25.7 Å². The van der Waals surface area contributed by atoms with Crippen molar-refractivity contribution in [2.75, 3.05) is 32.9 Å². The van der Waals surface area contributed by atoms with E-state index in [9.17, 15) is 14.7 Å². The third kappa shape index (κ3) is 5.76. The lowest BCUT2D eigenvalue weighted by atomic mass is 9.97. The predicted octanol–water partition coefficient (Wildman–Crippen LogP) is 0.708. The van der Waals surface area contributed by atoms with E-state index in [2.05, 4.69) is 5.32 Å². The number of nitrogens with one attached hydrogen (secondary N) is 1. The van der Waals surface area contributed by atoms with E-state index in [0.717, 1.165) is 5.56 Å². The number of rotatable bonds is 6. The first-order chi connectivity index (χ1) is 13.1. The van der Waals surface area contributed by atoms with Crippen molar-refractivity contribution in [1.29, 1.82) is 0 Å². The highest BCUT2D eigenvalue weighted by molar-refractivity contribution is 5.80. The van der Waals surface area contributed by atoms with Crippen LogP contribution in [0.25, 0.3) is 0 Å². The van der Waals surface area contributed by atoms with Gasteiger partial charge in [-0.2, -0.15) is 0 Å². The van der Waals surface area contributed by atoms with E-state index in [1.54, 1.807) is 4.90 Å². The van der Waals surface area contributed by atoms with Crippen molar-refractivity contribution in [2.45, 2.75) is 38.0 Å². The van der Waals surface area contributed by atoms with Crippen molar-refractivity contribution in [2.24, 2.45) is 5.92 Å². The zero-order valence-corrected chi connectivity index (χ0v) is 15.5. The van der Waals surface area contributed by atoms with Gasteiger partial charge in [0.05, 0.1) is 18.8 Å². The molecule has 0 radical (unpaired) electrons. The highest BCUT2D eigenvalue weighted by Gasteiger charge is 2.33. The number of hydrogen-bond donors (Lipinski definition) is 2. The normalized spacial score (nSPS) is 23.8. The van der Waals surface area contributed by atoms with Gasteiger partial charge in [-0.15, -0.1) is 0 Å². The van der Waals surface area contributed by atoms with Crippen LogP contribution in [0.1, 0.15) is 24.8 Å². The highest BCUT2D eigenvalue weighted by atomic mass is 16.5. The fourth-order valence-corrected chi connectivity index (χ4v) is 3.49. The maximum absolute atomic E-state index is 12.4. The summed E-state index contributed by atoms with van der Waals surface area (Å²) in [6.45, 7) is 2.34. The second-order valence-corrected chi connectivity index (χ2v) is 7.18. The van der Waals surface area contributed by atoms with Gasteiger partial charge in [0, 0.05) is 32.2 Å². The Balaban J connectivity index is 1.45. The SMILES string of the molecule is O=C(N[C@@H]1CN(C(=O)COCc2ccccc2)CC[C@H]1O)C1CCOCC1. The molecular formula is C20H28N2O5. The second-order valence-electron chi connectivity index (χ2n) is 7.18. The Morgan fingerprint density at radius 1 is 1.19 bits per heavy atom. The van der Waals surface area contributed by atoms with Gasteiger partial charge < -0.3 is 24.8 Å². The Morgan fingerprint density at radius 3 is 2.67 bits per heavy atom. The minimum Gasteiger partial charge on any atom is -0.391 e. The molecule has 2 saturated heterocycles. The first-order valence-electron chi connectivity index (χ1n) is 9.59. The Morgan fingerprint density at radius 2 is 1.93 bits per heavy atom. The van der Waals surface area contributed by atoms with E-state index in [1.165, 1.54) is 0 Å². The van der Waals surface area contributed by atoms with Crippen LogP contribution >= 0.6 is 0 Å². The lowest BCUT2D eigenvalue weighted by molar-refractivity contribution is -0.141. The zero-order chi connectivity index (χ0) is 19.1. The van der Waals surface area contributed by atoms with Gasteiger partial charge in [0.2, 0.25) is 11.8 Å². The van der Waals surface area contributed by atoms with Crippen molar-refractivity contribution >= 4 is 11.8 Å². The maximum atomic E-state index is 12.4. The van der Waals surface area contributed by atoms with Gasteiger partial charge >= 0.3 is 0 Å². The van der Waals surface area contributed by atoms with Crippen LogP contribution in [0.4, 0.5) is 0 Å². The smallest absolute Gasteiger partial charge is 0.248 e. The van der Waals surface area contributed by atoms with Gasteiger partial charge in [0.25, 0.3) is 0 Å². The molecule has 0 spiro atoms. The molecule has 27 heavy (non-hydrogen) atoms. The minimum atomic E-state index is -0.636. The molecule has 0 aromatic heterocycles. The van der Waals surface area contributed by atoms with E-state index in [1.807, 2.05) is 30.3 Å². The number of nitrogens with zero attached hydrogens (tertiary/aromatic N) is 1. The van der Waals surface area contributed by atoms with Gasteiger partial charge in [-0.05, 0) is 24.8 Å². The summed E-state index contributed by atoms with van der Waals surface area (Å²) in [7, 11) is 0. The van der Waals surface area contributed by atoms with Crippen molar-refractivity contribution in [3.05, 3.63) is 35.9 Å². The van der Waals surface area contributed by atoms with Crippen molar-refractivity contribution in [3.63, 3.8) is 0 Å². The highest BCUT2D eigenvalue weighted by Crippen LogP contribution is 2.17. The molecule has 2 heterocycles. The zero-order valence-electron chi connectivity index (χ0n) is 15.5. The molecule has 2 atom stereocenters. The molecule has 2 N–H and O–H groups in total. The Bertz CT molecular complexity index is 618. The van der Waals surface area contributed by atoms with Crippen LogP contribution in [-0.4, -0.2) is 66.9 Å². The van der Waals surface area contributed by atoms with Crippen LogP contribution in [0.3, 0.4) is 0 Å². The summed E-state index contributed by atoms with van der Waals surface area (Å²) in [5.74, 6) is -0.258. The number of likely N-dealkylation sites (tertiary alicyclic amines) is 1. The number of aliphatic hydroxyl groups excluding tert-OH is 1. The summed E-state index contributed by atoms with van der Waals surface area (Å²) in [5, 5.41) is 13.2. The van der Waals surface area contributed by atoms with Crippen LogP contribution in [0, 0.1) is 5.92 Å². The monoisotopic (exact) mass is 376 g/mol. The summed E-state index contributed by atoms with van der Waals surface area (Å²) < 4.78 is 10.8. The first kappa shape index (κ1) is 19.8. The number of aliphatic hydroxyl groups is 1. The Labute approximate surface area is 159 Å². The molecule has 0 unspecified atom stereocenters. The first-order valence-corrected chi connectivity index (χ1v) is 9.59. The molecular weight excluding hydrogens is 348 g/mol. The van der Waals surface area contributed by atoms with E-state index >= 15 is 0 Å². The molecule has 2 aliphatic heterocycles. The molecule has 7 nitrogen and oxygen atoms in total. The number of carbonyl (C=O) groups is 2. The lowest BCUT2D eigenvalue weighted by Gasteiger charge is -2.37. The van der Waals surface area contributed by atoms with E-state index < -0.39 is 12.1 Å². The summed E-state index contributed by atoms with van der Waals surface area (Å²) in [4.78, 5) is 26.5. The molecule has 148 valence electrons. The van der Waals surface area contributed by atoms with Gasteiger partial charge in [-0.1, -0.05) is 30.3 Å². The van der Waals surface area contributed by atoms with E-state index in [4.69, 9.17) is 9.47 Å². The standard InChI is InChI=1S/C20H28N2O5/c23-18-6-9-22(19(24)14-27-13-15-4-2-1-3-5-15)12-17(18)21-20(25)16-7-10-26-11-8-16/h1-5,16-18,23H,6-14H2,(H,21,25)/t17-,18-/m1/s1. The lowest BCUT2D eigenvalue weighted by Crippen LogP contribution is -2.57. The second kappa shape index (κ2) is 9.82. The van der Waals surface area contributed by atoms with E-state index in [-0.39, 0.29) is 24.3 Å². The van der Waals surface area contributed by atoms with Crippen LogP contribution in [0.5, 0.6) is 0 Å². The van der Waals surface area contributed by atoms with Gasteiger partial charge in [-0.25, -0.2) is 0 Å². The molecule has 2 fully saturated rings. The predicted molar refractivity (Wildman–Crippen MR) is 98.8 cm³/mol. The number of piperidine rings is 1. The third-order valence-corrected chi connectivity index (χ3v) is 5.19. The van der Waals surface area contributed by atoms with E-state index in [0.29, 0.717) is 52.2 Å². The molecule has 0 aliphatic carbocycles. The number of ether oxygens (including phenoxy) is 2. The van der Waals surface area contributed by atoms with Crippen molar-refractivity contribution < 1.29 is 24.2 Å². The van der Waals surface area contributed by atoms with Crippen LogP contribution < -0.4 is 5.32 Å². The topological polar surface area (TPSA) is 88.1 Å². The molecule has 0 saturated carbocycles. The average Bonchev–Trinajstić information content (AvgIpc) is 2.71. The molecule has 3 rings (SSSR count). The fourth-order valence-electron chi connectivity index (χ4n) is 3.49. The van der Waals surface area contributed by atoms with Crippen molar-refractivity contribution in [3.8, 4) is 0 Å². The van der Waals surface area contributed by atoms with Crippen LogP contribution in [0.15, 0.2) is 30.3 Å². The summed E-state index contributed by atoms with van der Waals surface area (Å²) in [5.41, 5.74) is 1.01. The number of amides is 2. The third-order valence-electron chi connectivity index (χ3n) is 5.19. The molecule has 1 aromatic carbocycles. The van der Waals surface area contributed by atoms with Gasteiger partial charge in [0.15, 0.2) is 0 Å².